The zero-order chi connectivity index (χ0) is 28.9. The van der Waals surface area contributed by atoms with Crippen molar-refractivity contribution in [2.75, 3.05) is 0 Å². The molecule has 0 saturated heterocycles. The smallest absolute Gasteiger partial charge is 0.387 e. The molecule has 7 aromatic rings. The minimum Gasteiger partial charge on any atom is -0.507 e. The molecule has 2 heterocycles. The number of hydrogen-bond acceptors (Lipinski definition) is 8. The van der Waals surface area contributed by atoms with E-state index < -0.39 is 13.2 Å². The van der Waals surface area contributed by atoms with Gasteiger partial charge in [0.2, 0.25) is 8.67 Å². The van der Waals surface area contributed by atoms with Gasteiger partial charge in [0, 0.05) is 33.2 Å². The SMILES string of the molecule is O=[N+]([O-])c1ccc(COp2oc3ccccc3c3ccccc3o2)c(O)c1.c1ccc2c(c1)o[pH]oc1ccccc12. The normalized spacial score (nSPS) is 10.9. The number of fused-ring (bicyclic) bond motifs is 6. The summed E-state index contributed by atoms with van der Waals surface area (Å²) in [5.74, 6) is -0.213. The Kier molecular flexibility index (Phi) is 7.97. The molecule has 42 heavy (non-hydrogen) atoms. The molecule has 0 atom stereocenters. The molecular formula is C31H23NO8P2. The minimum atomic E-state index is -1.77. The summed E-state index contributed by atoms with van der Waals surface area (Å²) >= 11 is 0. The predicted octanol–water partition coefficient (Wildman–Crippen LogP) is 9.87. The molecule has 0 unspecified atom stereocenters. The van der Waals surface area contributed by atoms with Gasteiger partial charge in [-0.1, -0.05) is 72.8 Å². The summed E-state index contributed by atoms with van der Waals surface area (Å²) in [6.45, 7) is -0.0140. The van der Waals surface area contributed by atoms with Crippen molar-refractivity contribution in [3.05, 3.63) is 131 Å². The van der Waals surface area contributed by atoms with Gasteiger partial charge < -0.3 is 21.9 Å². The Morgan fingerprint density at radius 3 is 1.62 bits per heavy atom. The third-order valence-corrected chi connectivity index (χ3v) is 8.02. The van der Waals surface area contributed by atoms with Gasteiger partial charge in [-0.2, -0.15) is 0 Å². The van der Waals surface area contributed by atoms with Crippen molar-refractivity contribution in [2.45, 2.75) is 6.61 Å². The maximum atomic E-state index is 10.8. The third-order valence-electron chi connectivity index (χ3n) is 6.38. The Morgan fingerprint density at radius 1 is 0.690 bits per heavy atom. The Labute approximate surface area is 240 Å². The number of aromatic hydroxyl groups is 1. The van der Waals surface area contributed by atoms with Crippen LogP contribution >= 0.6 is 16.9 Å². The monoisotopic (exact) mass is 599 g/mol. The van der Waals surface area contributed by atoms with Crippen LogP contribution in [0.25, 0.3) is 43.9 Å². The van der Waals surface area contributed by atoms with Crippen LogP contribution in [0.2, 0.25) is 0 Å². The van der Waals surface area contributed by atoms with Crippen LogP contribution in [0, 0.1) is 10.1 Å². The van der Waals surface area contributed by atoms with Gasteiger partial charge in [0.1, 0.15) is 28.1 Å². The molecule has 0 aliphatic rings. The van der Waals surface area contributed by atoms with Crippen molar-refractivity contribution in [1.82, 2.24) is 0 Å². The van der Waals surface area contributed by atoms with Crippen LogP contribution in [-0.4, -0.2) is 10.0 Å². The molecule has 0 radical (unpaired) electrons. The molecule has 9 nitrogen and oxygen atoms in total. The maximum absolute atomic E-state index is 10.8. The molecular weight excluding hydrogens is 576 g/mol. The number of nitro benzene ring substituents is 1. The van der Waals surface area contributed by atoms with Gasteiger partial charge in [-0.25, -0.2) is 0 Å². The van der Waals surface area contributed by atoms with Gasteiger partial charge in [-0.05, 0) is 30.3 Å². The van der Waals surface area contributed by atoms with E-state index in [1.54, 1.807) is 0 Å². The highest BCUT2D eigenvalue weighted by Gasteiger charge is 2.12. The van der Waals surface area contributed by atoms with Crippen LogP contribution in [-0.2, 0) is 6.61 Å². The van der Waals surface area contributed by atoms with E-state index in [1.807, 2.05) is 97.1 Å². The van der Waals surface area contributed by atoms with Gasteiger partial charge in [-0.15, -0.1) is 0 Å². The van der Waals surface area contributed by atoms with Crippen molar-refractivity contribution in [3.63, 3.8) is 0 Å². The Bertz CT molecular complexity index is 2010. The summed E-state index contributed by atoms with van der Waals surface area (Å²) in [7, 11) is -1.74. The maximum Gasteiger partial charge on any atom is 0.387 e. The molecule has 0 aliphatic heterocycles. The summed E-state index contributed by atoms with van der Waals surface area (Å²) in [6.07, 6.45) is 0. The molecule has 0 amide bonds. The van der Waals surface area contributed by atoms with E-state index in [9.17, 15) is 15.2 Å². The number of phenolic OH excluding ortho intramolecular Hbond substituents is 1. The standard InChI is InChI=1S/C19H14NO6P.C12H9O2P/c21-17-11-14(20(22)23)10-9-13(17)12-24-27-25-18-7-3-1-5-15(18)16-6-2-4-8-19(16)26-27;1-3-7-11-9(5-1)10-6-2-4-8-12(10)14-15-13-11/h1-11,21H,12H2;1-8,15H. The lowest BCUT2D eigenvalue weighted by Crippen LogP contribution is -1.94. The molecule has 2 aromatic heterocycles. The first-order valence-corrected chi connectivity index (χ1v) is 14.7. The van der Waals surface area contributed by atoms with Crippen molar-refractivity contribution in [3.8, 4) is 5.75 Å². The highest BCUT2D eigenvalue weighted by molar-refractivity contribution is 7.31. The summed E-state index contributed by atoms with van der Waals surface area (Å²) in [5.41, 5.74) is 3.28. The quantitative estimate of drug-likeness (QED) is 0.157. The van der Waals surface area contributed by atoms with Crippen LogP contribution in [0.5, 0.6) is 5.75 Å². The number of phenols is 1. The predicted molar refractivity (Wildman–Crippen MR) is 164 cm³/mol. The lowest BCUT2D eigenvalue weighted by atomic mass is 10.1. The zero-order valence-electron chi connectivity index (χ0n) is 21.9. The number of non-ortho nitro benzene ring substituents is 1. The first kappa shape index (κ1) is 27.2. The summed E-state index contributed by atoms with van der Waals surface area (Å²) in [4.78, 5) is 10.2. The van der Waals surface area contributed by atoms with E-state index in [2.05, 4.69) is 0 Å². The fourth-order valence-corrected chi connectivity index (χ4v) is 5.95. The Morgan fingerprint density at radius 2 is 1.14 bits per heavy atom. The average Bonchev–Trinajstić information content (AvgIpc) is 3.30. The van der Waals surface area contributed by atoms with Crippen molar-refractivity contribution < 1.29 is 31.3 Å². The van der Waals surface area contributed by atoms with E-state index in [0.29, 0.717) is 16.7 Å². The summed E-state index contributed by atoms with van der Waals surface area (Å²) < 4.78 is 28.6. The number of rotatable bonds is 4. The van der Waals surface area contributed by atoms with E-state index >= 15 is 0 Å². The number of benzene rings is 5. The van der Waals surface area contributed by atoms with E-state index in [1.165, 1.54) is 12.1 Å². The fourth-order valence-electron chi connectivity index (χ4n) is 4.35. The second-order valence-corrected chi connectivity index (χ2v) is 10.7. The molecule has 5 aromatic carbocycles. The topological polar surface area (TPSA) is 125 Å². The highest BCUT2D eigenvalue weighted by atomic mass is 31.1. The van der Waals surface area contributed by atoms with Crippen LogP contribution in [0.15, 0.2) is 132 Å². The molecule has 210 valence electrons. The molecule has 1 N–H and O–H groups in total. The number of nitro groups is 1. The van der Waals surface area contributed by atoms with Crippen LogP contribution < -0.4 is 4.52 Å². The summed E-state index contributed by atoms with van der Waals surface area (Å²) in [5, 5.41) is 24.7. The average molecular weight is 599 g/mol. The van der Waals surface area contributed by atoms with Gasteiger partial charge in [-0.3, -0.25) is 14.6 Å². The third kappa shape index (κ3) is 5.90. The second kappa shape index (κ2) is 12.3. The molecule has 11 heteroatoms. The van der Waals surface area contributed by atoms with Gasteiger partial charge >= 0.3 is 8.24 Å². The molecule has 7 rings (SSSR count). The largest absolute Gasteiger partial charge is 0.507 e. The summed E-state index contributed by atoms with van der Waals surface area (Å²) in [6, 6.07) is 35.0. The lowest BCUT2D eigenvalue weighted by Gasteiger charge is -2.03. The molecule has 0 aliphatic carbocycles. The molecule has 0 bridgehead atoms. The number of nitrogens with zero attached hydrogens (tertiary/aromatic N) is 1. The Hall–Kier alpha value is -4.94. The van der Waals surface area contributed by atoms with Gasteiger partial charge in [0.15, 0.2) is 0 Å². The molecule has 0 saturated carbocycles. The van der Waals surface area contributed by atoms with Crippen molar-refractivity contribution in [2.24, 2.45) is 0 Å². The van der Waals surface area contributed by atoms with E-state index in [0.717, 1.165) is 38.8 Å². The molecule has 0 spiro atoms. The number of hydrogen-bond donors (Lipinski definition) is 1. The van der Waals surface area contributed by atoms with E-state index in [-0.39, 0.29) is 26.7 Å². The van der Waals surface area contributed by atoms with Crippen LogP contribution in [0.1, 0.15) is 5.56 Å². The first-order valence-electron chi connectivity index (χ1n) is 12.8. The van der Waals surface area contributed by atoms with Crippen molar-refractivity contribution in [1.29, 1.82) is 0 Å². The van der Waals surface area contributed by atoms with E-state index in [4.69, 9.17) is 21.3 Å². The van der Waals surface area contributed by atoms with Crippen LogP contribution in [0.4, 0.5) is 5.69 Å². The fraction of sp³-hybridized carbons (Fsp3) is 0.0323. The number of para-hydroxylation sites is 4. The highest BCUT2D eigenvalue weighted by Crippen LogP contribution is 2.35. The lowest BCUT2D eigenvalue weighted by molar-refractivity contribution is -0.384. The first-order chi connectivity index (χ1) is 20.6. The van der Waals surface area contributed by atoms with Crippen molar-refractivity contribution >= 4 is 66.5 Å². The molecule has 0 fully saturated rings. The van der Waals surface area contributed by atoms with Gasteiger partial charge in [0.25, 0.3) is 5.69 Å². The van der Waals surface area contributed by atoms with Crippen LogP contribution in [0.3, 0.4) is 0 Å². The van der Waals surface area contributed by atoms with Gasteiger partial charge in [0.05, 0.1) is 17.6 Å². The second-order valence-electron chi connectivity index (χ2n) is 9.02. The minimum absolute atomic E-state index is 0.0140. The Balaban J connectivity index is 0.000000177. The zero-order valence-corrected chi connectivity index (χ0v) is 23.8.